The Morgan fingerprint density at radius 3 is 2.26 bits per heavy atom. The predicted octanol–water partition coefficient (Wildman–Crippen LogP) is 1.53. The first-order chi connectivity index (χ1) is 8.97. The number of primary amides is 1. The molecule has 0 aliphatic carbocycles. The van der Waals surface area contributed by atoms with Gasteiger partial charge in [0.2, 0.25) is 5.76 Å². The minimum absolute atomic E-state index is 0.0278. The van der Waals surface area contributed by atoms with Crippen LogP contribution in [-0.4, -0.2) is 17.2 Å². The fourth-order valence-corrected chi connectivity index (χ4v) is 1.81. The Morgan fingerprint density at radius 2 is 1.84 bits per heavy atom. The van der Waals surface area contributed by atoms with Crippen LogP contribution in [0.1, 0.15) is 24.8 Å². The largest absolute Gasteiger partial charge is 0.475 e. The summed E-state index contributed by atoms with van der Waals surface area (Å²) in [6.45, 7) is 1.86. The molecule has 1 atom stereocenters. The number of carbonyl (C=O) groups is 2. The Morgan fingerprint density at radius 1 is 1.26 bits per heavy atom. The van der Waals surface area contributed by atoms with Crippen molar-refractivity contribution in [1.82, 2.24) is 0 Å². The van der Waals surface area contributed by atoms with Crippen molar-refractivity contribution in [2.24, 2.45) is 11.5 Å². The van der Waals surface area contributed by atoms with Crippen LogP contribution in [0, 0.1) is 0 Å². The number of aliphatic carboxylic acids is 1. The number of nitrogens with two attached hydrogens (primary N) is 2. The highest BCUT2D eigenvalue weighted by molar-refractivity contribution is 5.88. The van der Waals surface area contributed by atoms with Crippen molar-refractivity contribution in [3.63, 3.8) is 0 Å². The number of carbonyl (C=O) groups excluding carboxylic acids is 1. The minimum Gasteiger partial charge on any atom is -0.475 e. The number of hydrogen-bond acceptors (Lipinski definition) is 4. The van der Waals surface area contributed by atoms with Crippen molar-refractivity contribution in [1.29, 1.82) is 0 Å². The molecule has 5 N–H and O–H groups in total. The second-order valence-corrected chi connectivity index (χ2v) is 3.88. The first kappa shape index (κ1) is 14.6. The molecule has 0 aromatic heterocycles. The van der Waals surface area contributed by atoms with E-state index in [0.717, 1.165) is 5.56 Å². The molecule has 1 rings (SSSR count). The lowest BCUT2D eigenvalue weighted by Gasteiger charge is -2.17. The van der Waals surface area contributed by atoms with Crippen LogP contribution in [0.15, 0.2) is 41.8 Å². The Balaban J connectivity index is 3.20. The van der Waals surface area contributed by atoms with Gasteiger partial charge in [-0.2, -0.15) is 0 Å². The maximum atomic E-state index is 11.1. The number of carboxylic acids is 1. The van der Waals surface area contributed by atoms with Gasteiger partial charge in [-0.05, 0) is 12.0 Å². The summed E-state index contributed by atoms with van der Waals surface area (Å²) in [7, 11) is 0. The fraction of sp³-hybridized carbons (Fsp3) is 0.231. The zero-order chi connectivity index (χ0) is 14.4. The highest BCUT2D eigenvalue weighted by atomic mass is 16.6. The van der Waals surface area contributed by atoms with Crippen LogP contribution in [0.2, 0.25) is 0 Å². The predicted molar refractivity (Wildman–Crippen MR) is 69.0 cm³/mol. The van der Waals surface area contributed by atoms with Crippen molar-refractivity contribution < 1.29 is 19.4 Å². The van der Waals surface area contributed by atoms with Gasteiger partial charge in [-0.25, -0.2) is 9.59 Å². The van der Waals surface area contributed by atoms with Crippen molar-refractivity contribution in [3.8, 4) is 0 Å². The van der Waals surface area contributed by atoms with Crippen LogP contribution >= 0.6 is 0 Å². The molecule has 102 valence electrons. The number of carboxylic acid groups (broad SMARTS) is 1. The maximum absolute atomic E-state index is 11.1. The van der Waals surface area contributed by atoms with Crippen LogP contribution in [-0.2, 0) is 9.53 Å². The fourth-order valence-electron chi connectivity index (χ4n) is 1.81. The maximum Gasteiger partial charge on any atom is 0.410 e. The monoisotopic (exact) mass is 264 g/mol. The third-order valence-electron chi connectivity index (χ3n) is 2.64. The van der Waals surface area contributed by atoms with Gasteiger partial charge in [-0.1, -0.05) is 37.3 Å². The Bertz CT molecular complexity index is 497. The molecule has 6 nitrogen and oxygen atoms in total. The first-order valence-corrected chi connectivity index (χ1v) is 5.72. The van der Waals surface area contributed by atoms with E-state index in [1.165, 1.54) is 0 Å². The SMILES string of the molecule is CCC(C(N)=C(OC(N)=O)C(=O)O)c1ccccc1. The van der Waals surface area contributed by atoms with Crippen molar-refractivity contribution in [2.45, 2.75) is 19.3 Å². The van der Waals surface area contributed by atoms with Crippen molar-refractivity contribution in [2.75, 3.05) is 0 Å². The normalized spacial score (nSPS) is 13.3. The molecule has 0 aliphatic heterocycles. The lowest BCUT2D eigenvalue weighted by Crippen LogP contribution is -2.23. The Hall–Kier alpha value is -2.50. The van der Waals surface area contributed by atoms with Gasteiger partial charge in [0.1, 0.15) is 0 Å². The van der Waals surface area contributed by atoms with E-state index in [1.54, 1.807) is 0 Å². The molecule has 1 aromatic carbocycles. The van der Waals surface area contributed by atoms with Crippen LogP contribution in [0.3, 0.4) is 0 Å². The van der Waals surface area contributed by atoms with Gasteiger partial charge in [0.15, 0.2) is 0 Å². The molecule has 6 heteroatoms. The molecule has 0 saturated carbocycles. The number of benzene rings is 1. The van der Waals surface area contributed by atoms with Gasteiger partial charge < -0.3 is 21.3 Å². The van der Waals surface area contributed by atoms with Crippen LogP contribution < -0.4 is 11.5 Å². The van der Waals surface area contributed by atoms with Gasteiger partial charge in [0.25, 0.3) is 0 Å². The van der Waals surface area contributed by atoms with E-state index in [0.29, 0.717) is 6.42 Å². The summed E-state index contributed by atoms with van der Waals surface area (Å²) in [5.74, 6) is -2.40. The molecule has 1 amide bonds. The lowest BCUT2D eigenvalue weighted by molar-refractivity contribution is -0.135. The van der Waals surface area contributed by atoms with E-state index in [4.69, 9.17) is 16.6 Å². The molecular formula is C13H16N2O4. The molecule has 0 heterocycles. The van der Waals surface area contributed by atoms with E-state index < -0.39 is 17.8 Å². The average molecular weight is 264 g/mol. The molecule has 0 fully saturated rings. The summed E-state index contributed by atoms with van der Waals surface area (Å²) in [6.07, 6.45) is -0.641. The third-order valence-corrected chi connectivity index (χ3v) is 2.64. The quantitative estimate of drug-likeness (QED) is 0.551. The number of rotatable bonds is 5. The number of amides is 1. The molecule has 1 unspecified atom stereocenters. The van der Waals surface area contributed by atoms with E-state index in [1.807, 2.05) is 37.3 Å². The third kappa shape index (κ3) is 3.74. The number of allylic oxidation sites excluding steroid dienone is 1. The highest BCUT2D eigenvalue weighted by Gasteiger charge is 2.23. The van der Waals surface area contributed by atoms with Gasteiger partial charge in [-0.3, -0.25) is 0 Å². The Labute approximate surface area is 110 Å². The molecule has 0 bridgehead atoms. The minimum atomic E-state index is -1.43. The lowest BCUT2D eigenvalue weighted by atomic mass is 9.92. The van der Waals surface area contributed by atoms with Gasteiger partial charge in [0.05, 0.1) is 5.70 Å². The summed E-state index contributed by atoms with van der Waals surface area (Å²) in [4.78, 5) is 21.8. The van der Waals surface area contributed by atoms with E-state index in [-0.39, 0.29) is 11.6 Å². The van der Waals surface area contributed by atoms with Crippen molar-refractivity contribution in [3.05, 3.63) is 47.4 Å². The molecule has 0 saturated heterocycles. The van der Waals surface area contributed by atoms with Crippen LogP contribution in [0.4, 0.5) is 4.79 Å². The molecule has 19 heavy (non-hydrogen) atoms. The number of ether oxygens (including phenoxy) is 1. The topological polar surface area (TPSA) is 116 Å². The molecule has 1 aromatic rings. The first-order valence-electron chi connectivity index (χ1n) is 5.72. The van der Waals surface area contributed by atoms with E-state index in [2.05, 4.69) is 4.74 Å². The summed E-state index contributed by atoms with van der Waals surface area (Å²) in [5, 5.41) is 9.01. The highest BCUT2D eigenvalue weighted by Crippen LogP contribution is 2.27. The molecule has 0 radical (unpaired) electrons. The van der Waals surface area contributed by atoms with Gasteiger partial charge in [0, 0.05) is 5.92 Å². The second-order valence-electron chi connectivity index (χ2n) is 3.88. The summed E-state index contributed by atoms with van der Waals surface area (Å²) in [5.41, 5.74) is 11.5. The van der Waals surface area contributed by atoms with Crippen molar-refractivity contribution >= 4 is 12.1 Å². The van der Waals surface area contributed by atoms with Crippen LogP contribution in [0.5, 0.6) is 0 Å². The smallest absolute Gasteiger partial charge is 0.410 e. The van der Waals surface area contributed by atoms with E-state index >= 15 is 0 Å². The second kappa shape index (κ2) is 6.44. The van der Waals surface area contributed by atoms with Crippen LogP contribution in [0.25, 0.3) is 0 Å². The molecular weight excluding hydrogens is 248 g/mol. The zero-order valence-electron chi connectivity index (χ0n) is 10.5. The number of hydrogen-bond donors (Lipinski definition) is 3. The summed E-state index contributed by atoms with van der Waals surface area (Å²) >= 11 is 0. The molecule has 0 spiro atoms. The van der Waals surface area contributed by atoms with Gasteiger partial charge >= 0.3 is 12.1 Å². The zero-order valence-corrected chi connectivity index (χ0v) is 10.5. The van der Waals surface area contributed by atoms with Gasteiger partial charge in [-0.15, -0.1) is 0 Å². The average Bonchev–Trinajstić information content (AvgIpc) is 2.37. The Kier molecular flexibility index (Phi) is 4.93. The summed E-state index contributed by atoms with van der Waals surface area (Å²) < 4.78 is 4.47. The standard InChI is InChI=1S/C13H16N2O4/c1-2-9(8-6-4-3-5-7-8)10(14)11(12(16)17)19-13(15)18/h3-7,9H,2,14H2,1H3,(H2,15,18)(H,16,17). The summed E-state index contributed by atoms with van der Waals surface area (Å²) in [6, 6.07) is 9.13. The molecule has 0 aliphatic rings. The van der Waals surface area contributed by atoms with E-state index in [9.17, 15) is 9.59 Å².